The van der Waals surface area contributed by atoms with E-state index >= 15 is 0 Å². The van der Waals surface area contributed by atoms with E-state index in [1.807, 2.05) is 0 Å². The van der Waals surface area contributed by atoms with Crippen molar-refractivity contribution >= 4 is 11.6 Å². The molecule has 7 heteroatoms. The largest absolute Gasteiger partial charge is 0.348 e. The summed E-state index contributed by atoms with van der Waals surface area (Å²) in [5, 5.41) is 13.2. The molecule has 0 radical (unpaired) electrons. The number of hydrogen-bond donors (Lipinski definition) is 2. The van der Waals surface area contributed by atoms with Gasteiger partial charge >= 0.3 is 0 Å². The van der Waals surface area contributed by atoms with E-state index in [9.17, 15) is 14.9 Å². The molecule has 1 amide bonds. The Morgan fingerprint density at radius 1 is 1.71 bits per heavy atom. The number of nitrogens with one attached hydrogen (secondary N) is 1. The van der Waals surface area contributed by atoms with E-state index in [0.29, 0.717) is 12.2 Å². The number of nitrogens with zero attached hydrogens (tertiary/aromatic N) is 2. The maximum Gasteiger partial charge on any atom is 0.288 e. The van der Waals surface area contributed by atoms with E-state index in [4.69, 9.17) is 5.73 Å². The fourth-order valence-electron chi connectivity index (χ4n) is 1.21. The molecule has 0 saturated heterocycles. The normalized spacial score (nSPS) is 11.9. The lowest BCUT2D eigenvalue weighted by atomic mass is 10.1. The van der Waals surface area contributed by atoms with Crippen LogP contribution in [0.2, 0.25) is 0 Å². The van der Waals surface area contributed by atoms with Crippen LogP contribution in [0.4, 0.5) is 5.69 Å². The molecular formula is C10H14N4O3. The van der Waals surface area contributed by atoms with Gasteiger partial charge in [0.05, 0.1) is 16.2 Å². The number of carbonyl (C=O) groups excluding carboxylic acids is 1. The van der Waals surface area contributed by atoms with Crippen LogP contribution in [0.15, 0.2) is 12.3 Å². The molecule has 1 heterocycles. The van der Waals surface area contributed by atoms with E-state index in [0.717, 1.165) is 6.20 Å². The molecule has 0 spiro atoms. The summed E-state index contributed by atoms with van der Waals surface area (Å²) in [6.07, 6.45) is 1.12. The van der Waals surface area contributed by atoms with Gasteiger partial charge in [-0.05, 0) is 13.8 Å². The van der Waals surface area contributed by atoms with E-state index < -0.39 is 10.8 Å². The maximum atomic E-state index is 11.8. The molecule has 1 aromatic heterocycles. The number of amides is 1. The zero-order chi connectivity index (χ0) is 13.0. The number of carbonyl (C=O) groups is 1. The lowest BCUT2D eigenvalue weighted by Crippen LogP contribution is -2.38. The Kier molecular flexibility index (Phi) is 4.11. The van der Waals surface area contributed by atoms with Gasteiger partial charge in [0.1, 0.15) is 6.20 Å². The number of pyridine rings is 1. The van der Waals surface area contributed by atoms with Crippen molar-refractivity contribution < 1.29 is 9.72 Å². The first-order valence-electron chi connectivity index (χ1n) is 5.07. The molecule has 92 valence electrons. The Bertz CT molecular complexity index is 447. The van der Waals surface area contributed by atoms with Gasteiger partial charge < -0.3 is 11.1 Å². The summed E-state index contributed by atoms with van der Waals surface area (Å²) in [7, 11) is 0. The summed E-state index contributed by atoms with van der Waals surface area (Å²) in [6, 6.07) is 1.02. The van der Waals surface area contributed by atoms with Gasteiger partial charge in [-0.1, -0.05) is 0 Å². The third-order valence-corrected chi connectivity index (χ3v) is 2.26. The molecule has 7 nitrogen and oxygen atoms in total. The predicted molar refractivity (Wildman–Crippen MR) is 61.6 cm³/mol. The zero-order valence-corrected chi connectivity index (χ0v) is 9.64. The highest BCUT2D eigenvalue weighted by Gasteiger charge is 2.16. The molecule has 3 N–H and O–H groups in total. The van der Waals surface area contributed by atoms with Crippen molar-refractivity contribution in [2.45, 2.75) is 19.9 Å². The number of rotatable bonds is 4. The Morgan fingerprint density at radius 2 is 2.35 bits per heavy atom. The monoisotopic (exact) mass is 238 g/mol. The Hall–Kier alpha value is -2.02. The molecule has 0 aliphatic heterocycles. The average molecular weight is 238 g/mol. The highest BCUT2D eigenvalue weighted by molar-refractivity contribution is 5.95. The smallest absolute Gasteiger partial charge is 0.288 e. The molecule has 0 bridgehead atoms. The summed E-state index contributed by atoms with van der Waals surface area (Å²) in [5.41, 5.74) is 5.80. The molecule has 0 saturated carbocycles. The van der Waals surface area contributed by atoms with Crippen LogP contribution < -0.4 is 11.1 Å². The van der Waals surface area contributed by atoms with Crippen LogP contribution >= 0.6 is 0 Å². The van der Waals surface area contributed by atoms with Crippen molar-refractivity contribution in [1.82, 2.24) is 10.3 Å². The second-order valence-corrected chi connectivity index (χ2v) is 3.69. The van der Waals surface area contributed by atoms with Crippen LogP contribution in [-0.4, -0.2) is 28.4 Å². The quantitative estimate of drug-likeness (QED) is 0.581. The molecule has 1 aromatic rings. The van der Waals surface area contributed by atoms with Gasteiger partial charge in [0.15, 0.2) is 0 Å². The van der Waals surface area contributed by atoms with Gasteiger partial charge in [-0.2, -0.15) is 0 Å². The van der Waals surface area contributed by atoms with Crippen LogP contribution in [0.25, 0.3) is 0 Å². The summed E-state index contributed by atoms with van der Waals surface area (Å²) >= 11 is 0. The summed E-state index contributed by atoms with van der Waals surface area (Å²) in [4.78, 5) is 25.6. The topological polar surface area (TPSA) is 111 Å². The fourth-order valence-corrected chi connectivity index (χ4v) is 1.21. The molecule has 0 aromatic carbocycles. The first-order chi connectivity index (χ1) is 7.95. The minimum atomic E-state index is -0.588. The van der Waals surface area contributed by atoms with Crippen LogP contribution in [0.3, 0.4) is 0 Å². The van der Waals surface area contributed by atoms with Gasteiger partial charge in [0.25, 0.3) is 11.6 Å². The van der Waals surface area contributed by atoms with Gasteiger partial charge in [0.2, 0.25) is 0 Å². The number of hydrogen-bond acceptors (Lipinski definition) is 5. The van der Waals surface area contributed by atoms with Crippen LogP contribution in [0.5, 0.6) is 0 Å². The second kappa shape index (κ2) is 5.35. The molecule has 0 aliphatic rings. The van der Waals surface area contributed by atoms with E-state index in [-0.39, 0.29) is 17.3 Å². The first-order valence-corrected chi connectivity index (χ1v) is 5.07. The number of aryl methyl sites for hydroxylation is 1. The van der Waals surface area contributed by atoms with E-state index in [1.54, 1.807) is 13.8 Å². The summed E-state index contributed by atoms with van der Waals surface area (Å²) < 4.78 is 0. The highest BCUT2D eigenvalue weighted by atomic mass is 16.6. The average Bonchev–Trinajstić information content (AvgIpc) is 2.28. The molecule has 1 rings (SSSR count). The molecule has 0 fully saturated rings. The molecular weight excluding hydrogens is 224 g/mol. The third kappa shape index (κ3) is 3.22. The van der Waals surface area contributed by atoms with E-state index in [1.165, 1.54) is 6.07 Å². The third-order valence-electron chi connectivity index (χ3n) is 2.26. The standard InChI is InChI=1S/C10H14N4O3/c1-6(4-11)13-10(15)9-3-8(14(16)17)5-12-7(9)2/h3,5-6H,4,11H2,1-2H3,(H,13,15)/t6-/m0/s1. The van der Waals surface area contributed by atoms with Crippen LogP contribution in [0.1, 0.15) is 23.0 Å². The Labute approximate surface area is 98.2 Å². The predicted octanol–water partition coefficient (Wildman–Crippen LogP) is 0.375. The van der Waals surface area contributed by atoms with Gasteiger partial charge in [-0.15, -0.1) is 0 Å². The van der Waals surface area contributed by atoms with Crippen molar-refractivity contribution in [2.75, 3.05) is 6.54 Å². The molecule has 1 atom stereocenters. The highest BCUT2D eigenvalue weighted by Crippen LogP contribution is 2.14. The van der Waals surface area contributed by atoms with Gasteiger partial charge in [-0.3, -0.25) is 19.9 Å². The SMILES string of the molecule is Cc1ncc([N+](=O)[O-])cc1C(=O)N[C@@H](C)CN. The summed E-state index contributed by atoms with van der Waals surface area (Å²) in [6.45, 7) is 3.66. The van der Waals surface area contributed by atoms with Gasteiger partial charge in [0, 0.05) is 18.7 Å². The zero-order valence-electron chi connectivity index (χ0n) is 9.64. The molecule has 0 unspecified atom stereocenters. The fraction of sp³-hybridized carbons (Fsp3) is 0.400. The Balaban J connectivity index is 3.00. The lowest BCUT2D eigenvalue weighted by molar-refractivity contribution is -0.385. The minimum absolute atomic E-state index is 0.193. The maximum absolute atomic E-state index is 11.8. The van der Waals surface area contributed by atoms with Crippen molar-refractivity contribution in [3.05, 3.63) is 33.6 Å². The van der Waals surface area contributed by atoms with Crippen LogP contribution in [-0.2, 0) is 0 Å². The van der Waals surface area contributed by atoms with E-state index in [2.05, 4.69) is 10.3 Å². The first kappa shape index (κ1) is 13.0. The number of nitro groups is 1. The van der Waals surface area contributed by atoms with Crippen molar-refractivity contribution in [3.63, 3.8) is 0 Å². The second-order valence-electron chi connectivity index (χ2n) is 3.69. The van der Waals surface area contributed by atoms with Crippen LogP contribution in [0, 0.1) is 17.0 Å². The van der Waals surface area contributed by atoms with Crippen molar-refractivity contribution in [2.24, 2.45) is 5.73 Å². The molecule has 0 aliphatic carbocycles. The molecule has 17 heavy (non-hydrogen) atoms. The summed E-state index contributed by atoms with van der Waals surface area (Å²) in [5.74, 6) is -0.406. The van der Waals surface area contributed by atoms with Crippen molar-refractivity contribution in [1.29, 1.82) is 0 Å². The van der Waals surface area contributed by atoms with Gasteiger partial charge in [-0.25, -0.2) is 0 Å². The Morgan fingerprint density at radius 3 is 2.88 bits per heavy atom. The minimum Gasteiger partial charge on any atom is -0.348 e. The lowest BCUT2D eigenvalue weighted by Gasteiger charge is -2.11. The number of aromatic nitrogens is 1. The van der Waals surface area contributed by atoms with Crippen molar-refractivity contribution in [3.8, 4) is 0 Å². The number of nitrogens with two attached hydrogens (primary N) is 1.